The summed E-state index contributed by atoms with van der Waals surface area (Å²) in [5.74, 6) is 0.612. The van der Waals surface area contributed by atoms with Crippen LogP contribution in [0, 0.1) is 0 Å². The van der Waals surface area contributed by atoms with Crippen molar-refractivity contribution in [1.82, 2.24) is 0 Å². The fourth-order valence-electron chi connectivity index (χ4n) is 1.71. The summed E-state index contributed by atoms with van der Waals surface area (Å²) in [6.45, 7) is 0.385. The zero-order chi connectivity index (χ0) is 15.5. The van der Waals surface area contributed by atoms with Crippen LogP contribution in [-0.4, -0.2) is 19.7 Å². The fourth-order valence-corrected chi connectivity index (χ4v) is 2.48. The summed E-state index contributed by atoms with van der Waals surface area (Å²) in [4.78, 5) is 0.634. The van der Waals surface area contributed by atoms with E-state index in [0.717, 1.165) is 11.1 Å². The van der Waals surface area contributed by atoms with E-state index < -0.39 is 9.84 Å². The Bertz CT molecular complexity index is 735. The maximum Gasteiger partial charge on any atom is 0.175 e. The summed E-state index contributed by atoms with van der Waals surface area (Å²) in [6, 6.07) is 13.8. The maximum absolute atomic E-state index is 11.3. The molecular weight excluding hydrogens is 306 g/mol. The van der Waals surface area contributed by atoms with Gasteiger partial charge in [-0.2, -0.15) is 0 Å². The van der Waals surface area contributed by atoms with Crippen molar-refractivity contribution in [3.05, 3.63) is 59.7 Å². The zero-order valence-electron chi connectivity index (χ0n) is 11.4. The molecule has 0 aliphatic carbocycles. The Hall–Kier alpha value is -1.92. The number of rotatable bonds is 5. The van der Waals surface area contributed by atoms with Gasteiger partial charge in [0, 0.05) is 11.8 Å². The van der Waals surface area contributed by atoms with Gasteiger partial charge in [-0.15, -0.1) is 0 Å². The Morgan fingerprint density at radius 3 is 2.14 bits per heavy atom. The van der Waals surface area contributed by atoms with Gasteiger partial charge in [0.25, 0.3) is 0 Å². The second-order valence-electron chi connectivity index (χ2n) is 4.59. The number of hydrogen-bond acceptors (Lipinski definition) is 4. The van der Waals surface area contributed by atoms with E-state index in [1.807, 2.05) is 24.3 Å². The highest BCUT2D eigenvalue weighted by atomic mass is 32.2. The molecule has 0 unspecified atom stereocenters. The molecule has 6 heteroatoms. The summed E-state index contributed by atoms with van der Waals surface area (Å²) < 4.78 is 28.3. The predicted octanol–water partition coefficient (Wildman–Crippen LogP) is 2.30. The Morgan fingerprint density at radius 1 is 1.10 bits per heavy atom. The maximum atomic E-state index is 11.3. The number of thiocarbonyl (C=S) groups is 1. The largest absolute Gasteiger partial charge is 0.489 e. The molecule has 2 rings (SSSR count). The third kappa shape index (κ3) is 4.27. The molecule has 110 valence electrons. The van der Waals surface area contributed by atoms with Crippen molar-refractivity contribution in [1.29, 1.82) is 0 Å². The van der Waals surface area contributed by atoms with Crippen molar-refractivity contribution in [2.24, 2.45) is 5.73 Å². The van der Waals surface area contributed by atoms with E-state index in [1.165, 1.54) is 18.4 Å². The minimum atomic E-state index is -3.18. The fraction of sp³-hybridized carbons (Fsp3) is 0.133. The van der Waals surface area contributed by atoms with Crippen LogP contribution < -0.4 is 10.5 Å². The Kier molecular flexibility index (Phi) is 4.59. The third-order valence-corrected chi connectivity index (χ3v) is 4.26. The molecule has 0 amide bonds. The van der Waals surface area contributed by atoms with E-state index in [9.17, 15) is 8.42 Å². The molecule has 0 fully saturated rings. The molecule has 0 aliphatic heterocycles. The van der Waals surface area contributed by atoms with Crippen molar-refractivity contribution in [2.75, 3.05) is 6.26 Å². The lowest BCUT2D eigenvalue weighted by atomic mass is 10.1. The molecule has 0 atom stereocenters. The van der Waals surface area contributed by atoms with Crippen LogP contribution in [0.1, 0.15) is 11.1 Å². The number of benzene rings is 2. The van der Waals surface area contributed by atoms with Gasteiger partial charge in [0.2, 0.25) is 0 Å². The second kappa shape index (κ2) is 6.24. The smallest absolute Gasteiger partial charge is 0.175 e. The molecule has 2 aromatic carbocycles. The zero-order valence-corrected chi connectivity index (χ0v) is 13.1. The van der Waals surface area contributed by atoms with Gasteiger partial charge in [-0.3, -0.25) is 0 Å². The minimum Gasteiger partial charge on any atom is -0.489 e. The summed E-state index contributed by atoms with van der Waals surface area (Å²) in [5.41, 5.74) is 7.31. The number of nitrogens with two attached hydrogens (primary N) is 1. The van der Waals surface area contributed by atoms with Gasteiger partial charge in [-0.05, 0) is 29.8 Å². The first-order chi connectivity index (χ1) is 9.86. The first-order valence-electron chi connectivity index (χ1n) is 6.18. The minimum absolute atomic E-state index is 0.274. The van der Waals surface area contributed by atoms with Gasteiger partial charge >= 0.3 is 0 Å². The molecule has 0 saturated carbocycles. The Balaban J connectivity index is 2.01. The molecule has 0 radical (unpaired) electrons. The standard InChI is InChI=1S/C15H15NO3S2/c1-21(17,18)14-8-6-13(7-9-14)19-10-11-2-4-12(5-3-11)15(16)20/h2-9H,10H2,1H3,(H2,16,20). The summed E-state index contributed by atoms with van der Waals surface area (Å²) in [5, 5.41) is 0. The lowest BCUT2D eigenvalue weighted by Crippen LogP contribution is -2.09. The number of hydrogen-bond donors (Lipinski definition) is 1. The van der Waals surface area contributed by atoms with E-state index in [4.69, 9.17) is 22.7 Å². The topological polar surface area (TPSA) is 69.4 Å². The second-order valence-corrected chi connectivity index (χ2v) is 7.05. The van der Waals surface area contributed by atoms with E-state index in [0.29, 0.717) is 17.3 Å². The predicted molar refractivity (Wildman–Crippen MR) is 86.2 cm³/mol. The van der Waals surface area contributed by atoms with Crippen LogP contribution >= 0.6 is 12.2 Å². The van der Waals surface area contributed by atoms with E-state index in [-0.39, 0.29) is 4.90 Å². The molecular formula is C15H15NO3S2. The van der Waals surface area contributed by atoms with Gasteiger partial charge in [0.05, 0.1) is 4.90 Å². The molecule has 0 spiro atoms. The van der Waals surface area contributed by atoms with Crippen molar-refractivity contribution in [3.8, 4) is 5.75 Å². The van der Waals surface area contributed by atoms with Crippen LogP contribution in [0.4, 0.5) is 0 Å². The van der Waals surface area contributed by atoms with Gasteiger partial charge in [0.15, 0.2) is 9.84 Å². The number of ether oxygens (including phenoxy) is 1. The van der Waals surface area contributed by atoms with Crippen LogP contribution in [0.2, 0.25) is 0 Å². The normalized spacial score (nSPS) is 11.1. The van der Waals surface area contributed by atoms with E-state index in [2.05, 4.69) is 0 Å². The van der Waals surface area contributed by atoms with Crippen molar-refractivity contribution in [3.63, 3.8) is 0 Å². The highest BCUT2D eigenvalue weighted by Crippen LogP contribution is 2.17. The molecule has 21 heavy (non-hydrogen) atoms. The van der Waals surface area contributed by atoms with Crippen LogP contribution in [-0.2, 0) is 16.4 Å². The van der Waals surface area contributed by atoms with Crippen LogP contribution in [0.15, 0.2) is 53.4 Å². The molecule has 0 saturated heterocycles. The van der Waals surface area contributed by atoms with Crippen LogP contribution in [0.25, 0.3) is 0 Å². The number of sulfone groups is 1. The molecule has 0 aromatic heterocycles. The van der Waals surface area contributed by atoms with E-state index in [1.54, 1.807) is 12.1 Å². The molecule has 0 aliphatic rings. The van der Waals surface area contributed by atoms with Gasteiger partial charge in [-0.1, -0.05) is 36.5 Å². The van der Waals surface area contributed by atoms with Gasteiger partial charge < -0.3 is 10.5 Å². The van der Waals surface area contributed by atoms with Crippen molar-refractivity contribution < 1.29 is 13.2 Å². The lowest BCUT2D eigenvalue weighted by Gasteiger charge is -2.07. The monoisotopic (exact) mass is 321 g/mol. The average Bonchev–Trinajstić information content (AvgIpc) is 2.45. The van der Waals surface area contributed by atoms with Crippen molar-refractivity contribution >= 4 is 27.0 Å². The molecule has 0 heterocycles. The lowest BCUT2D eigenvalue weighted by molar-refractivity contribution is 0.306. The summed E-state index contributed by atoms with van der Waals surface area (Å²) in [6.07, 6.45) is 1.17. The molecule has 4 nitrogen and oxygen atoms in total. The molecule has 0 bridgehead atoms. The summed E-state index contributed by atoms with van der Waals surface area (Å²) >= 11 is 4.89. The van der Waals surface area contributed by atoms with Crippen LogP contribution in [0.3, 0.4) is 0 Å². The first kappa shape index (κ1) is 15.5. The molecule has 2 aromatic rings. The van der Waals surface area contributed by atoms with Crippen molar-refractivity contribution in [2.45, 2.75) is 11.5 Å². The third-order valence-electron chi connectivity index (χ3n) is 2.90. The highest BCUT2D eigenvalue weighted by molar-refractivity contribution is 7.90. The van der Waals surface area contributed by atoms with Gasteiger partial charge in [-0.25, -0.2) is 8.42 Å². The average molecular weight is 321 g/mol. The first-order valence-corrected chi connectivity index (χ1v) is 8.48. The SMILES string of the molecule is CS(=O)(=O)c1ccc(OCc2ccc(C(N)=S)cc2)cc1. The Morgan fingerprint density at radius 2 is 1.67 bits per heavy atom. The van der Waals surface area contributed by atoms with E-state index >= 15 is 0 Å². The summed E-state index contributed by atoms with van der Waals surface area (Å²) in [7, 11) is -3.18. The molecule has 2 N–H and O–H groups in total. The highest BCUT2D eigenvalue weighted by Gasteiger charge is 2.06. The Labute approximate surface area is 129 Å². The quantitative estimate of drug-likeness (QED) is 0.856. The van der Waals surface area contributed by atoms with Gasteiger partial charge in [0.1, 0.15) is 17.3 Å². The van der Waals surface area contributed by atoms with Crippen LogP contribution in [0.5, 0.6) is 5.75 Å².